The van der Waals surface area contributed by atoms with E-state index in [9.17, 15) is 9.59 Å². The number of amides is 1. The van der Waals surface area contributed by atoms with E-state index >= 15 is 0 Å². The number of hydrogen-bond acceptors (Lipinski definition) is 5. The monoisotopic (exact) mass is 393 g/mol. The first-order valence-corrected chi connectivity index (χ1v) is 9.29. The Kier molecular flexibility index (Phi) is 6.63. The molecule has 0 aliphatic rings. The van der Waals surface area contributed by atoms with Gasteiger partial charge in [0.25, 0.3) is 0 Å². The second-order valence-corrected chi connectivity index (χ2v) is 6.35. The van der Waals surface area contributed by atoms with Crippen LogP contribution in [0.4, 0.5) is 0 Å². The van der Waals surface area contributed by atoms with Crippen molar-refractivity contribution in [2.45, 2.75) is 19.9 Å². The van der Waals surface area contributed by atoms with Crippen LogP contribution in [0.15, 0.2) is 59.8 Å². The normalized spacial score (nSPS) is 11.0. The summed E-state index contributed by atoms with van der Waals surface area (Å²) < 4.78 is 11.9. The molecule has 0 unspecified atom stereocenters. The maximum atomic E-state index is 12.1. The van der Waals surface area contributed by atoms with Crippen molar-refractivity contribution in [2.24, 2.45) is 5.10 Å². The van der Waals surface area contributed by atoms with E-state index in [1.807, 2.05) is 61.7 Å². The number of rotatable bonds is 8. The van der Waals surface area contributed by atoms with E-state index in [1.54, 1.807) is 10.8 Å². The molecule has 3 aromatic rings. The zero-order valence-corrected chi connectivity index (χ0v) is 16.4. The van der Waals surface area contributed by atoms with Crippen molar-refractivity contribution in [3.05, 3.63) is 65.9 Å². The van der Waals surface area contributed by atoms with Crippen molar-refractivity contribution in [1.29, 1.82) is 0 Å². The lowest BCUT2D eigenvalue weighted by atomic mass is 10.1. The van der Waals surface area contributed by atoms with Gasteiger partial charge in [0.2, 0.25) is 5.91 Å². The van der Waals surface area contributed by atoms with E-state index in [0.29, 0.717) is 6.61 Å². The van der Waals surface area contributed by atoms with Crippen LogP contribution in [0.2, 0.25) is 0 Å². The van der Waals surface area contributed by atoms with Crippen LogP contribution in [0.5, 0.6) is 5.75 Å². The minimum Gasteiger partial charge on any atom is -0.494 e. The van der Waals surface area contributed by atoms with Gasteiger partial charge in [-0.25, -0.2) is 5.43 Å². The van der Waals surface area contributed by atoms with Crippen LogP contribution in [0.1, 0.15) is 18.1 Å². The molecule has 0 bridgehead atoms. The number of carbonyl (C=O) groups excluding carboxylic acids is 2. The molecule has 0 fully saturated rings. The number of hydrazone groups is 1. The van der Waals surface area contributed by atoms with Gasteiger partial charge in [-0.2, -0.15) is 5.10 Å². The molecule has 0 spiro atoms. The summed E-state index contributed by atoms with van der Waals surface area (Å²) in [5, 5.41) is 5.00. The van der Waals surface area contributed by atoms with Gasteiger partial charge >= 0.3 is 5.97 Å². The fourth-order valence-electron chi connectivity index (χ4n) is 2.98. The Labute approximate surface area is 168 Å². The van der Waals surface area contributed by atoms with Gasteiger partial charge in [-0.15, -0.1) is 0 Å². The number of nitrogens with one attached hydrogen (secondary N) is 1. The fourth-order valence-corrected chi connectivity index (χ4v) is 2.98. The second kappa shape index (κ2) is 9.54. The van der Waals surface area contributed by atoms with Crippen LogP contribution in [-0.2, 0) is 27.3 Å². The van der Waals surface area contributed by atoms with Gasteiger partial charge in [0.05, 0.1) is 26.4 Å². The number of para-hydroxylation sites is 1. The summed E-state index contributed by atoms with van der Waals surface area (Å²) in [6.07, 6.45) is 3.60. The van der Waals surface area contributed by atoms with Crippen molar-refractivity contribution < 1.29 is 19.1 Å². The third-order valence-electron chi connectivity index (χ3n) is 4.34. The Morgan fingerprint density at radius 2 is 1.90 bits per heavy atom. The first kappa shape index (κ1) is 20.1. The maximum absolute atomic E-state index is 12.1. The Morgan fingerprint density at radius 3 is 2.62 bits per heavy atom. The quantitative estimate of drug-likeness (QED) is 0.362. The number of aromatic nitrogens is 1. The number of nitrogens with zero attached hydrogens (tertiary/aromatic N) is 2. The van der Waals surface area contributed by atoms with Gasteiger partial charge in [0.1, 0.15) is 12.3 Å². The van der Waals surface area contributed by atoms with Gasteiger partial charge in [-0.3, -0.25) is 9.59 Å². The lowest BCUT2D eigenvalue weighted by molar-refractivity contribution is -0.141. The van der Waals surface area contributed by atoms with Gasteiger partial charge in [0, 0.05) is 22.7 Å². The number of benzene rings is 2. The number of ether oxygens (including phenoxy) is 2. The molecule has 0 radical (unpaired) electrons. The molecular formula is C22H23N3O4. The molecule has 0 aliphatic carbocycles. The van der Waals surface area contributed by atoms with Crippen LogP contribution in [0.25, 0.3) is 10.9 Å². The molecular weight excluding hydrogens is 370 g/mol. The summed E-state index contributed by atoms with van der Waals surface area (Å²) >= 11 is 0. The summed E-state index contributed by atoms with van der Waals surface area (Å²) in [6, 6.07) is 15.1. The summed E-state index contributed by atoms with van der Waals surface area (Å²) in [7, 11) is 1.36. The summed E-state index contributed by atoms with van der Waals surface area (Å²) in [5.74, 6) is 0.222. The molecule has 1 heterocycles. The van der Waals surface area contributed by atoms with E-state index in [2.05, 4.69) is 10.5 Å². The Hall–Kier alpha value is -3.61. The van der Waals surface area contributed by atoms with Crippen LogP contribution in [0, 0.1) is 0 Å². The zero-order chi connectivity index (χ0) is 20.6. The van der Waals surface area contributed by atoms with Crippen molar-refractivity contribution in [1.82, 2.24) is 9.99 Å². The minimum absolute atomic E-state index is 0.106. The number of esters is 1. The van der Waals surface area contributed by atoms with Crippen molar-refractivity contribution in [3.8, 4) is 5.75 Å². The minimum atomic E-state index is -0.335. The van der Waals surface area contributed by atoms with Gasteiger partial charge in [0.15, 0.2) is 0 Å². The molecule has 1 amide bonds. The molecule has 3 rings (SSSR count). The van der Waals surface area contributed by atoms with Gasteiger partial charge in [-0.1, -0.05) is 30.3 Å². The summed E-state index contributed by atoms with van der Waals surface area (Å²) in [6.45, 7) is 2.63. The zero-order valence-electron chi connectivity index (χ0n) is 16.4. The Balaban J connectivity index is 1.66. The fraction of sp³-hybridized carbons (Fsp3) is 0.227. The largest absolute Gasteiger partial charge is 0.494 e. The van der Waals surface area contributed by atoms with E-state index in [1.165, 1.54) is 7.11 Å². The number of carbonyl (C=O) groups is 2. The predicted octanol–water partition coefficient (Wildman–Crippen LogP) is 2.91. The number of methoxy groups -OCH3 is 1. The lowest BCUT2D eigenvalue weighted by Crippen LogP contribution is -2.19. The molecule has 1 N–H and O–H groups in total. The second-order valence-electron chi connectivity index (χ2n) is 6.35. The third-order valence-corrected chi connectivity index (χ3v) is 4.34. The van der Waals surface area contributed by atoms with E-state index in [4.69, 9.17) is 9.47 Å². The summed E-state index contributed by atoms with van der Waals surface area (Å²) in [5.41, 5.74) is 5.10. The molecule has 29 heavy (non-hydrogen) atoms. The number of fused-ring (bicyclic) bond motifs is 1. The molecule has 0 atom stereocenters. The number of hydrogen-bond donors (Lipinski definition) is 1. The molecule has 2 aromatic carbocycles. The molecule has 0 aliphatic heterocycles. The van der Waals surface area contributed by atoms with Gasteiger partial charge < -0.3 is 14.0 Å². The highest BCUT2D eigenvalue weighted by molar-refractivity contribution is 6.00. The third kappa shape index (κ3) is 5.22. The Bertz CT molecular complexity index is 1020. The van der Waals surface area contributed by atoms with Crippen LogP contribution < -0.4 is 10.2 Å². The van der Waals surface area contributed by atoms with Crippen LogP contribution in [-0.4, -0.2) is 36.4 Å². The van der Waals surface area contributed by atoms with Gasteiger partial charge in [-0.05, 0) is 30.7 Å². The smallest absolute Gasteiger partial charge is 0.325 e. The van der Waals surface area contributed by atoms with Crippen LogP contribution >= 0.6 is 0 Å². The predicted molar refractivity (Wildman–Crippen MR) is 111 cm³/mol. The topological polar surface area (TPSA) is 81.9 Å². The summed E-state index contributed by atoms with van der Waals surface area (Å²) in [4.78, 5) is 23.8. The highest BCUT2D eigenvalue weighted by Gasteiger charge is 2.10. The molecule has 150 valence electrons. The molecule has 7 heteroatoms. The van der Waals surface area contributed by atoms with Crippen molar-refractivity contribution >= 4 is 29.0 Å². The molecule has 0 saturated carbocycles. The maximum Gasteiger partial charge on any atom is 0.325 e. The average molecular weight is 393 g/mol. The van der Waals surface area contributed by atoms with Crippen molar-refractivity contribution in [2.75, 3.05) is 13.7 Å². The SMILES string of the molecule is CCOc1ccc(CC(=O)N/N=C\c2cn(CC(=O)OC)c3ccccc23)cc1. The standard InChI is InChI=1S/C22H23N3O4/c1-3-29-18-10-8-16(9-11-18)12-21(26)24-23-13-17-14-25(15-22(27)28-2)20-7-5-4-6-19(17)20/h4-11,13-14H,3,12,15H2,1-2H3,(H,24,26)/b23-13-. The van der Waals surface area contributed by atoms with Crippen molar-refractivity contribution in [3.63, 3.8) is 0 Å². The highest BCUT2D eigenvalue weighted by atomic mass is 16.5. The van der Waals surface area contributed by atoms with Crippen LogP contribution in [0.3, 0.4) is 0 Å². The highest BCUT2D eigenvalue weighted by Crippen LogP contribution is 2.20. The first-order chi connectivity index (χ1) is 14.1. The van der Waals surface area contributed by atoms with E-state index < -0.39 is 0 Å². The Morgan fingerprint density at radius 1 is 1.14 bits per heavy atom. The lowest BCUT2D eigenvalue weighted by Gasteiger charge is -2.04. The molecule has 1 aromatic heterocycles. The van der Waals surface area contributed by atoms with E-state index in [0.717, 1.165) is 27.8 Å². The molecule has 7 nitrogen and oxygen atoms in total. The molecule has 0 saturated heterocycles. The average Bonchev–Trinajstić information content (AvgIpc) is 3.07. The first-order valence-electron chi connectivity index (χ1n) is 9.29. The van der Waals surface area contributed by atoms with E-state index in [-0.39, 0.29) is 24.8 Å².